The number of hydrogen-bond donors (Lipinski definition) is 1. The Morgan fingerprint density at radius 2 is 2.15 bits per heavy atom. The van der Waals surface area contributed by atoms with Gasteiger partial charge in [0.15, 0.2) is 5.82 Å². The molecule has 1 fully saturated rings. The van der Waals surface area contributed by atoms with Gasteiger partial charge in [0.25, 0.3) is 0 Å². The molecule has 0 aliphatic carbocycles. The van der Waals surface area contributed by atoms with Crippen molar-refractivity contribution in [1.82, 2.24) is 15.3 Å². The van der Waals surface area contributed by atoms with Crippen molar-refractivity contribution in [2.45, 2.75) is 20.0 Å². The van der Waals surface area contributed by atoms with Gasteiger partial charge in [-0.15, -0.1) is 0 Å². The van der Waals surface area contributed by atoms with Gasteiger partial charge in [-0.25, -0.2) is 9.97 Å². The van der Waals surface area contributed by atoms with E-state index in [4.69, 9.17) is 4.74 Å². The fraction of sp³-hybridized carbons (Fsp3) is 0.375. The Labute approximate surface area is 119 Å². The van der Waals surface area contributed by atoms with E-state index < -0.39 is 0 Å². The molecule has 0 radical (unpaired) electrons. The molecule has 0 bridgehead atoms. The third kappa shape index (κ3) is 2.71. The molecule has 1 atom stereocenters. The van der Waals surface area contributed by atoms with Crippen LogP contribution in [0.3, 0.4) is 0 Å². The second kappa shape index (κ2) is 5.69. The smallest absolute Gasteiger partial charge is 0.159 e. The third-order valence-electron chi connectivity index (χ3n) is 3.55. The molecule has 1 aromatic carbocycles. The Kier molecular flexibility index (Phi) is 3.76. The van der Waals surface area contributed by atoms with Crippen molar-refractivity contribution in [3.05, 3.63) is 47.4 Å². The summed E-state index contributed by atoms with van der Waals surface area (Å²) >= 11 is 0. The van der Waals surface area contributed by atoms with E-state index in [1.165, 1.54) is 11.1 Å². The van der Waals surface area contributed by atoms with E-state index in [-0.39, 0.29) is 6.10 Å². The van der Waals surface area contributed by atoms with E-state index >= 15 is 0 Å². The summed E-state index contributed by atoms with van der Waals surface area (Å²) in [5, 5.41) is 3.31. The molecule has 2 heterocycles. The van der Waals surface area contributed by atoms with Crippen LogP contribution in [0.25, 0.3) is 11.3 Å². The molecule has 104 valence electrons. The predicted molar refractivity (Wildman–Crippen MR) is 78.5 cm³/mol. The lowest BCUT2D eigenvalue weighted by Crippen LogP contribution is -2.34. The minimum absolute atomic E-state index is 0.0468. The van der Waals surface area contributed by atoms with Gasteiger partial charge in [-0.1, -0.05) is 23.8 Å². The Hall–Kier alpha value is -1.78. The van der Waals surface area contributed by atoms with Crippen LogP contribution in [0.15, 0.2) is 30.5 Å². The zero-order valence-corrected chi connectivity index (χ0v) is 11.9. The lowest BCUT2D eigenvalue weighted by Gasteiger charge is -2.22. The third-order valence-corrected chi connectivity index (χ3v) is 3.55. The van der Waals surface area contributed by atoms with Crippen molar-refractivity contribution in [1.29, 1.82) is 0 Å². The number of benzene rings is 1. The highest BCUT2D eigenvalue weighted by Crippen LogP contribution is 2.24. The molecule has 3 rings (SSSR count). The quantitative estimate of drug-likeness (QED) is 0.909. The van der Waals surface area contributed by atoms with Crippen molar-refractivity contribution in [2.75, 3.05) is 19.7 Å². The largest absolute Gasteiger partial charge is 0.368 e. The molecule has 4 heteroatoms. The summed E-state index contributed by atoms with van der Waals surface area (Å²) in [5.41, 5.74) is 4.61. The molecule has 1 unspecified atom stereocenters. The molecule has 1 N–H and O–H groups in total. The van der Waals surface area contributed by atoms with Crippen LogP contribution in [0.4, 0.5) is 0 Å². The maximum atomic E-state index is 5.72. The van der Waals surface area contributed by atoms with Crippen LogP contribution in [0.2, 0.25) is 0 Å². The minimum atomic E-state index is -0.0468. The number of hydrogen-bond acceptors (Lipinski definition) is 4. The predicted octanol–water partition coefficient (Wildman–Crippen LogP) is 2.42. The number of morpholine rings is 1. The van der Waals surface area contributed by atoms with Gasteiger partial charge in [0.05, 0.1) is 12.3 Å². The number of rotatable bonds is 2. The highest BCUT2D eigenvalue weighted by Gasteiger charge is 2.19. The van der Waals surface area contributed by atoms with Gasteiger partial charge in [-0.3, -0.25) is 0 Å². The monoisotopic (exact) mass is 269 g/mol. The van der Waals surface area contributed by atoms with E-state index in [2.05, 4.69) is 47.3 Å². The SMILES string of the molecule is Cc1ccc(-c2ccnc(C3CNCCO3)n2)c(C)c1. The fourth-order valence-electron chi connectivity index (χ4n) is 2.51. The molecule has 20 heavy (non-hydrogen) atoms. The summed E-state index contributed by atoms with van der Waals surface area (Å²) in [4.78, 5) is 9.04. The van der Waals surface area contributed by atoms with Crippen molar-refractivity contribution in [3.63, 3.8) is 0 Å². The number of nitrogens with zero attached hydrogens (tertiary/aromatic N) is 2. The van der Waals surface area contributed by atoms with Gasteiger partial charge >= 0.3 is 0 Å². The van der Waals surface area contributed by atoms with Crippen LogP contribution >= 0.6 is 0 Å². The molecular weight excluding hydrogens is 250 g/mol. The summed E-state index contributed by atoms with van der Waals surface area (Å²) in [6.07, 6.45) is 1.77. The van der Waals surface area contributed by atoms with Crippen LogP contribution < -0.4 is 5.32 Å². The number of nitrogens with one attached hydrogen (secondary N) is 1. The van der Waals surface area contributed by atoms with E-state index in [0.29, 0.717) is 6.61 Å². The first-order valence-electron chi connectivity index (χ1n) is 6.97. The first kappa shape index (κ1) is 13.2. The van der Waals surface area contributed by atoms with Crippen molar-refractivity contribution in [2.24, 2.45) is 0 Å². The lowest BCUT2D eigenvalue weighted by molar-refractivity contribution is 0.0222. The molecule has 1 saturated heterocycles. The van der Waals surface area contributed by atoms with Crippen molar-refractivity contribution >= 4 is 0 Å². The summed E-state index contributed by atoms with van der Waals surface area (Å²) < 4.78 is 5.72. The maximum absolute atomic E-state index is 5.72. The summed E-state index contributed by atoms with van der Waals surface area (Å²) in [7, 11) is 0. The van der Waals surface area contributed by atoms with E-state index in [1.807, 2.05) is 12.3 Å². The van der Waals surface area contributed by atoms with Crippen LogP contribution in [0.1, 0.15) is 23.1 Å². The molecule has 1 aliphatic heterocycles. The highest BCUT2D eigenvalue weighted by atomic mass is 16.5. The van der Waals surface area contributed by atoms with E-state index in [9.17, 15) is 0 Å². The average Bonchev–Trinajstić information content (AvgIpc) is 2.48. The van der Waals surface area contributed by atoms with Gasteiger partial charge in [-0.2, -0.15) is 0 Å². The topological polar surface area (TPSA) is 47.0 Å². The Morgan fingerprint density at radius 1 is 1.25 bits per heavy atom. The molecule has 0 amide bonds. The number of ether oxygens (including phenoxy) is 1. The molecular formula is C16H19N3O. The molecule has 2 aromatic rings. The first-order chi connectivity index (χ1) is 9.74. The second-order valence-corrected chi connectivity index (χ2v) is 5.18. The van der Waals surface area contributed by atoms with Crippen molar-refractivity contribution < 1.29 is 4.74 Å². The summed E-state index contributed by atoms with van der Waals surface area (Å²) in [6.45, 7) is 6.60. The number of aryl methyl sites for hydroxylation is 2. The van der Waals surface area contributed by atoms with E-state index in [1.54, 1.807) is 0 Å². The molecule has 1 aromatic heterocycles. The molecule has 0 saturated carbocycles. The van der Waals surface area contributed by atoms with Gasteiger partial charge in [0.2, 0.25) is 0 Å². The van der Waals surface area contributed by atoms with Crippen LogP contribution in [-0.4, -0.2) is 29.7 Å². The fourth-order valence-corrected chi connectivity index (χ4v) is 2.51. The molecule has 4 nitrogen and oxygen atoms in total. The van der Waals surface area contributed by atoms with Gasteiger partial charge in [-0.05, 0) is 25.5 Å². The normalized spacial score (nSPS) is 19.0. The van der Waals surface area contributed by atoms with Gasteiger partial charge in [0.1, 0.15) is 6.10 Å². The molecule has 1 aliphatic rings. The van der Waals surface area contributed by atoms with Crippen LogP contribution in [0, 0.1) is 13.8 Å². The summed E-state index contributed by atoms with van der Waals surface area (Å²) in [6, 6.07) is 8.37. The standard InChI is InChI=1S/C16H19N3O/c1-11-3-4-13(12(2)9-11)14-5-6-18-16(19-14)15-10-17-7-8-20-15/h3-6,9,15,17H,7-8,10H2,1-2H3. The van der Waals surface area contributed by atoms with Crippen LogP contribution in [0.5, 0.6) is 0 Å². The first-order valence-corrected chi connectivity index (χ1v) is 6.97. The highest BCUT2D eigenvalue weighted by molar-refractivity contribution is 5.63. The molecule has 0 spiro atoms. The number of aromatic nitrogens is 2. The second-order valence-electron chi connectivity index (χ2n) is 5.18. The average molecular weight is 269 g/mol. The zero-order chi connectivity index (χ0) is 13.9. The Balaban J connectivity index is 1.94. The van der Waals surface area contributed by atoms with Crippen molar-refractivity contribution in [3.8, 4) is 11.3 Å². The Bertz CT molecular complexity index is 606. The van der Waals surface area contributed by atoms with Crippen LogP contribution in [-0.2, 0) is 4.74 Å². The minimum Gasteiger partial charge on any atom is -0.368 e. The van der Waals surface area contributed by atoms with Gasteiger partial charge < -0.3 is 10.1 Å². The summed E-state index contributed by atoms with van der Waals surface area (Å²) in [5.74, 6) is 0.759. The zero-order valence-electron chi connectivity index (χ0n) is 11.9. The Morgan fingerprint density at radius 3 is 2.90 bits per heavy atom. The lowest BCUT2D eigenvalue weighted by atomic mass is 10.0. The van der Waals surface area contributed by atoms with E-state index in [0.717, 1.165) is 30.2 Å². The van der Waals surface area contributed by atoms with Gasteiger partial charge in [0, 0.05) is 24.8 Å². The maximum Gasteiger partial charge on any atom is 0.159 e.